The van der Waals surface area contributed by atoms with Gasteiger partial charge in [-0.15, -0.1) is 0 Å². The fourth-order valence-corrected chi connectivity index (χ4v) is 2.73. The van der Waals surface area contributed by atoms with Crippen molar-refractivity contribution in [3.63, 3.8) is 0 Å². The van der Waals surface area contributed by atoms with E-state index in [9.17, 15) is 4.79 Å². The van der Waals surface area contributed by atoms with Crippen molar-refractivity contribution in [3.8, 4) is 11.5 Å². The Hall–Kier alpha value is -2.69. The molecule has 26 heavy (non-hydrogen) atoms. The Morgan fingerprint density at radius 2 is 1.85 bits per heavy atom. The first-order chi connectivity index (χ1) is 12.5. The molecule has 0 saturated carbocycles. The van der Waals surface area contributed by atoms with Crippen LogP contribution in [0.4, 0.5) is 11.4 Å². The number of nitrogens with two attached hydrogens (primary N) is 1. The monoisotopic (exact) mass is 356 g/mol. The highest BCUT2D eigenvalue weighted by Gasteiger charge is 2.22. The second-order valence-electron chi connectivity index (χ2n) is 6.31. The SMILES string of the molecule is CC[C@H](Oc1ccccc1[C@H](C)CC)C(=O)Nc1cc(N)ccc1OC. The molecule has 0 spiro atoms. The van der Waals surface area contributed by atoms with E-state index in [1.54, 1.807) is 25.3 Å². The van der Waals surface area contributed by atoms with Crippen molar-refractivity contribution >= 4 is 17.3 Å². The van der Waals surface area contributed by atoms with E-state index >= 15 is 0 Å². The van der Waals surface area contributed by atoms with Gasteiger partial charge in [-0.05, 0) is 48.6 Å². The molecule has 0 unspecified atom stereocenters. The molecular weight excluding hydrogens is 328 g/mol. The number of amides is 1. The second-order valence-corrected chi connectivity index (χ2v) is 6.31. The van der Waals surface area contributed by atoms with E-state index in [1.165, 1.54) is 0 Å². The van der Waals surface area contributed by atoms with E-state index in [1.807, 2.05) is 25.1 Å². The molecule has 0 aliphatic heterocycles. The van der Waals surface area contributed by atoms with Crippen molar-refractivity contribution in [1.29, 1.82) is 0 Å². The van der Waals surface area contributed by atoms with E-state index in [0.29, 0.717) is 29.5 Å². The third kappa shape index (κ3) is 4.69. The zero-order valence-electron chi connectivity index (χ0n) is 15.9. The van der Waals surface area contributed by atoms with Gasteiger partial charge >= 0.3 is 0 Å². The van der Waals surface area contributed by atoms with Gasteiger partial charge in [0.05, 0.1) is 12.8 Å². The summed E-state index contributed by atoms with van der Waals surface area (Å²) in [7, 11) is 1.55. The quantitative estimate of drug-likeness (QED) is 0.679. The standard InChI is InChI=1S/C21H28N2O3/c1-5-14(3)16-9-7-8-10-19(16)26-18(6-2)21(24)23-17-13-15(22)11-12-20(17)25-4/h7-14,18H,5-6,22H2,1-4H3,(H,23,24)/t14-,18+/m1/s1. The minimum Gasteiger partial charge on any atom is -0.495 e. The summed E-state index contributed by atoms with van der Waals surface area (Å²) in [5, 5.41) is 2.87. The van der Waals surface area contributed by atoms with E-state index in [-0.39, 0.29) is 5.91 Å². The summed E-state index contributed by atoms with van der Waals surface area (Å²) < 4.78 is 11.4. The fraction of sp³-hybridized carbons (Fsp3) is 0.381. The lowest BCUT2D eigenvalue weighted by Gasteiger charge is -2.22. The Morgan fingerprint density at radius 3 is 2.50 bits per heavy atom. The number of rotatable bonds is 8. The lowest BCUT2D eigenvalue weighted by Crippen LogP contribution is -2.32. The lowest BCUT2D eigenvalue weighted by atomic mass is 9.98. The molecule has 0 radical (unpaired) electrons. The third-order valence-corrected chi connectivity index (χ3v) is 4.48. The number of carbonyl (C=O) groups is 1. The predicted octanol–water partition coefficient (Wildman–Crippen LogP) is 4.59. The van der Waals surface area contributed by atoms with E-state index in [4.69, 9.17) is 15.2 Å². The number of nitrogens with one attached hydrogen (secondary N) is 1. The van der Waals surface area contributed by atoms with Gasteiger partial charge in [0.25, 0.3) is 5.91 Å². The Balaban J connectivity index is 2.19. The average molecular weight is 356 g/mol. The summed E-state index contributed by atoms with van der Waals surface area (Å²) in [6.45, 7) is 6.21. The number of carbonyl (C=O) groups excluding carboxylic acids is 1. The van der Waals surface area contributed by atoms with Crippen LogP contribution in [0.5, 0.6) is 11.5 Å². The largest absolute Gasteiger partial charge is 0.495 e. The maximum absolute atomic E-state index is 12.7. The molecule has 0 heterocycles. The molecule has 0 saturated heterocycles. The number of hydrogen-bond acceptors (Lipinski definition) is 4. The summed E-state index contributed by atoms with van der Waals surface area (Å²) in [6.07, 6.45) is 0.946. The second kappa shape index (κ2) is 9.13. The van der Waals surface area contributed by atoms with Crippen LogP contribution in [-0.2, 0) is 4.79 Å². The van der Waals surface area contributed by atoms with Crippen molar-refractivity contribution in [3.05, 3.63) is 48.0 Å². The number of nitrogen functional groups attached to an aromatic ring is 1. The maximum atomic E-state index is 12.7. The van der Waals surface area contributed by atoms with Crippen LogP contribution in [0.2, 0.25) is 0 Å². The van der Waals surface area contributed by atoms with E-state index in [2.05, 4.69) is 25.2 Å². The Kier molecular flexibility index (Phi) is 6.89. The summed E-state index contributed by atoms with van der Waals surface area (Å²) in [4.78, 5) is 12.7. The highest BCUT2D eigenvalue weighted by Crippen LogP contribution is 2.30. The van der Waals surface area contributed by atoms with Gasteiger partial charge < -0.3 is 20.5 Å². The van der Waals surface area contributed by atoms with Gasteiger partial charge in [-0.2, -0.15) is 0 Å². The molecule has 2 aromatic carbocycles. The first-order valence-corrected chi connectivity index (χ1v) is 9.00. The molecule has 2 rings (SSSR count). The molecule has 1 amide bonds. The summed E-state index contributed by atoms with van der Waals surface area (Å²) in [5.41, 5.74) is 8.02. The van der Waals surface area contributed by atoms with Crippen LogP contribution in [0.1, 0.15) is 45.1 Å². The average Bonchev–Trinajstić information content (AvgIpc) is 2.65. The van der Waals surface area contributed by atoms with Crippen LogP contribution in [-0.4, -0.2) is 19.1 Å². The highest BCUT2D eigenvalue weighted by molar-refractivity contribution is 5.96. The molecule has 0 aliphatic rings. The smallest absolute Gasteiger partial charge is 0.265 e. The van der Waals surface area contributed by atoms with Crippen molar-refractivity contribution < 1.29 is 14.3 Å². The van der Waals surface area contributed by atoms with Crippen molar-refractivity contribution in [1.82, 2.24) is 0 Å². The number of benzene rings is 2. The number of methoxy groups -OCH3 is 1. The van der Waals surface area contributed by atoms with Gasteiger partial charge in [-0.25, -0.2) is 0 Å². The number of ether oxygens (including phenoxy) is 2. The number of anilines is 2. The van der Waals surface area contributed by atoms with E-state index < -0.39 is 6.10 Å². The van der Waals surface area contributed by atoms with Crippen LogP contribution in [0.3, 0.4) is 0 Å². The topological polar surface area (TPSA) is 73.6 Å². The zero-order chi connectivity index (χ0) is 19.1. The summed E-state index contributed by atoms with van der Waals surface area (Å²) >= 11 is 0. The minimum absolute atomic E-state index is 0.227. The van der Waals surface area contributed by atoms with Crippen LogP contribution in [0, 0.1) is 0 Å². The number of para-hydroxylation sites is 1. The van der Waals surface area contributed by atoms with Gasteiger partial charge in [0.1, 0.15) is 11.5 Å². The summed E-state index contributed by atoms with van der Waals surface area (Å²) in [5.74, 6) is 1.45. The molecule has 5 heteroatoms. The first kappa shape index (κ1) is 19.6. The van der Waals surface area contributed by atoms with Crippen molar-refractivity contribution in [2.45, 2.75) is 45.6 Å². The van der Waals surface area contributed by atoms with Gasteiger partial charge in [-0.1, -0.05) is 39.0 Å². The molecule has 0 fully saturated rings. The predicted molar refractivity (Wildman–Crippen MR) is 106 cm³/mol. The van der Waals surface area contributed by atoms with Gasteiger partial charge in [-0.3, -0.25) is 4.79 Å². The van der Waals surface area contributed by atoms with Crippen molar-refractivity contribution in [2.24, 2.45) is 0 Å². The van der Waals surface area contributed by atoms with Crippen LogP contribution in [0.15, 0.2) is 42.5 Å². The molecule has 0 aromatic heterocycles. The van der Waals surface area contributed by atoms with Crippen LogP contribution >= 0.6 is 0 Å². The minimum atomic E-state index is -0.605. The van der Waals surface area contributed by atoms with Gasteiger partial charge in [0.2, 0.25) is 0 Å². The Labute approximate surface area is 155 Å². The Morgan fingerprint density at radius 1 is 1.12 bits per heavy atom. The fourth-order valence-electron chi connectivity index (χ4n) is 2.73. The molecule has 2 atom stereocenters. The molecule has 0 bridgehead atoms. The van der Waals surface area contributed by atoms with Crippen LogP contribution < -0.4 is 20.5 Å². The zero-order valence-corrected chi connectivity index (χ0v) is 15.9. The van der Waals surface area contributed by atoms with Crippen LogP contribution in [0.25, 0.3) is 0 Å². The molecule has 140 valence electrons. The normalized spacial score (nSPS) is 12.9. The lowest BCUT2D eigenvalue weighted by molar-refractivity contribution is -0.122. The summed E-state index contributed by atoms with van der Waals surface area (Å²) in [6, 6.07) is 13.0. The number of hydrogen-bond donors (Lipinski definition) is 2. The van der Waals surface area contributed by atoms with Crippen molar-refractivity contribution in [2.75, 3.05) is 18.2 Å². The molecule has 5 nitrogen and oxygen atoms in total. The third-order valence-electron chi connectivity index (χ3n) is 4.48. The molecule has 2 aromatic rings. The van der Waals surface area contributed by atoms with E-state index in [0.717, 1.165) is 17.7 Å². The maximum Gasteiger partial charge on any atom is 0.265 e. The van der Waals surface area contributed by atoms with Gasteiger partial charge in [0, 0.05) is 5.69 Å². The molecular formula is C21H28N2O3. The Bertz CT molecular complexity index is 746. The highest BCUT2D eigenvalue weighted by atomic mass is 16.5. The molecule has 3 N–H and O–H groups in total. The first-order valence-electron chi connectivity index (χ1n) is 9.00. The van der Waals surface area contributed by atoms with Gasteiger partial charge in [0.15, 0.2) is 6.10 Å². The molecule has 0 aliphatic carbocycles.